The van der Waals surface area contributed by atoms with Gasteiger partial charge in [-0.2, -0.15) is 15.0 Å². The highest BCUT2D eigenvalue weighted by Crippen LogP contribution is 2.10. The molecule has 0 aliphatic rings. The first-order chi connectivity index (χ1) is 7.32. The molecular weight excluding hydrogens is 230 g/mol. The zero-order chi connectivity index (χ0) is 12.3. The van der Waals surface area contributed by atoms with Crippen LogP contribution in [0, 0.1) is 0 Å². The van der Waals surface area contributed by atoms with Gasteiger partial charge in [0.15, 0.2) is 0 Å². The lowest BCUT2D eigenvalue weighted by Gasteiger charge is -2.09. The van der Waals surface area contributed by atoms with E-state index in [1.54, 1.807) is 7.05 Å². The molecule has 1 rings (SSSR count). The molecule has 0 saturated carbocycles. The monoisotopic (exact) mass is 245 g/mol. The average Bonchev–Trinajstić information content (AvgIpc) is 2.14. The fourth-order valence-electron chi connectivity index (χ4n) is 0.957. The molecule has 90 valence electrons. The predicted octanol–water partition coefficient (Wildman–Crippen LogP) is 0.137. The highest BCUT2D eigenvalue weighted by molar-refractivity contribution is 7.90. The molecule has 0 aliphatic heterocycles. The Bertz CT molecular complexity index is 471. The summed E-state index contributed by atoms with van der Waals surface area (Å²) in [6.07, 6.45) is 1.06. The summed E-state index contributed by atoms with van der Waals surface area (Å²) in [6, 6.07) is 0.111. The van der Waals surface area contributed by atoms with Gasteiger partial charge in [-0.3, -0.25) is 0 Å². The maximum Gasteiger partial charge on any atom is 0.253 e. The van der Waals surface area contributed by atoms with Crippen LogP contribution in [0.2, 0.25) is 0 Å². The molecule has 0 unspecified atom stereocenters. The summed E-state index contributed by atoms with van der Waals surface area (Å²) in [5.41, 5.74) is 0. The molecule has 0 atom stereocenters. The number of aromatic nitrogens is 3. The maximum absolute atomic E-state index is 11.3. The summed E-state index contributed by atoms with van der Waals surface area (Å²) in [6.45, 7) is 3.81. The number of rotatable bonds is 4. The molecule has 0 fully saturated rings. The van der Waals surface area contributed by atoms with Crippen molar-refractivity contribution in [3.05, 3.63) is 0 Å². The molecule has 1 aromatic heterocycles. The van der Waals surface area contributed by atoms with Crippen molar-refractivity contribution in [1.82, 2.24) is 15.0 Å². The first-order valence-electron chi connectivity index (χ1n) is 4.73. The first kappa shape index (κ1) is 12.6. The molecule has 1 heterocycles. The van der Waals surface area contributed by atoms with Gasteiger partial charge in [-0.1, -0.05) is 0 Å². The van der Waals surface area contributed by atoms with Gasteiger partial charge in [0.25, 0.3) is 5.16 Å². The quantitative estimate of drug-likeness (QED) is 0.778. The van der Waals surface area contributed by atoms with Gasteiger partial charge in [0.05, 0.1) is 0 Å². The Balaban J connectivity index is 3.21. The van der Waals surface area contributed by atoms with Crippen molar-refractivity contribution in [2.45, 2.75) is 25.0 Å². The van der Waals surface area contributed by atoms with Crippen LogP contribution in [-0.4, -0.2) is 42.7 Å². The van der Waals surface area contributed by atoms with Crippen LogP contribution < -0.4 is 10.6 Å². The van der Waals surface area contributed by atoms with E-state index in [2.05, 4.69) is 25.6 Å². The minimum Gasteiger partial charge on any atom is -0.357 e. The van der Waals surface area contributed by atoms with Gasteiger partial charge in [0.2, 0.25) is 21.7 Å². The largest absolute Gasteiger partial charge is 0.357 e. The van der Waals surface area contributed by atoms with Gasteiger partial charge in [-0.25, -0.2) is 8.42 Å². The fraction of sp³-hybridized carbons (Fsp3) is 0.625. The third-order valence-corrected chi connectivity index (χ3v) is 2.43. The number of nitrogens with zero attached hydrogens (tertiary/aromatic N) is 3. The Kier molecular flexibility index (Phi) is 3.63. The van der Waals surface area contributed by atoms with E-state index in [1.165, 1.54) is 0 Å². The van der Waals surface area contributed by atoms with Gasteiger partial charge >= 0.3 is 0 Å². The van der Waals surface area contributed by atoms with Gasteiger partial charge in [-0.15, -0.1) is 0 Å². The van der Waals surface area contributed by atoms with Gasteiger partial charge in [0, 0.05) is 19.3 Å². The predicted molar refractivity (Wildman–Crippen MR) is 61.2 cm³/mol. The lowest BCUT2D eigenvalue weighted by atomic mass is 10.4. The van der Waals surface area contributed by atoms with E-state index in [4.69, 9.17) is 0 Å². The summed E-state index contributed by atoms with van der Waals surface area (Å²) in [7, 11) is -1.82. The van der Waals surface area contributed by atoms with Crippen LogP contribution in [0.4, 0.5) is 11.9 Å². The third kappa shape index (κ3) is 3.30. The van der Waals surface area contributed by atoms with Crippen molar-refractivity contribution in [3.8, 4) is 0 Å². The van der Waals surface area contributed by atoms with E-state index in [0.29, 0.717) is 0 Å². The average molecular weight is 245 g/mol. The van der Waals surface area contributed by atoms with Crippen LogP contribution in [0.3, 0.4) is 0 Å². The zero-order valence-electron chi connectivity index (χ0n) is 9.64. The van der Waals surface area contributed by atoms with Gasteiger partial charge < -0.3 is 10.6 Å². The van der Waals surface area contributed by atoms with Gasteiger partial charge in [0.1, 0.15) is 0 Å². The summed E-state index contributed by atoms with van der Waals surface area (Å²) >= 11 is 0. The Hall–Kier alpha value is -1.44. The second-order valence-electron chi connectivity index (χ2n) is 3.59. The number of hydrogen-bond acceptors (Lipinski definition) is 7. The number of anilines is 2. The topological polar surface area (TPSA) is 96.9 Å². The Labute approximate surface area is 94.6 Å². The van der Waals surface area contributed by atoms with Crippen molar-refractivity contribution in [2.24, 2.45) is 0 Å². The van der Waals surface area contributed by atoms with Gasteiger partial charge in [-0.05, 0) is 13.8 Å². The van der Waals surface area contributed by atoms with Crippen molar-refractivity contribution >= 4 is 21.7 Å². The smallest absolute Gasteiger partial charge is 0.253 e. The highest BCUT2D eigenvalue weighted by Gasteiger charge is 2.15. The van der Waals surface area contributed by atoms with E-state index in [0.717, 1.165) is 6.26 Å². The molecule has 1 aromatic rings. The van der Waals surface area contributed by atoms with Crippen LogP contribution in [0.15, 0.2) is 5.16 Å². The minimum absolute atomic E-state index is 0.111. The van der Waals surface area contributed by atoms with E-state index < -0.39 is 9.84 Å². The highest BCUT2D eigenvalue weighted by atomic mass is 32.2. The molecule has 0 bridgehead atoms. The van der Waals surface area contributed by atoms with E-state index in [-0.39, 0.29) is 23.1 Å². The van der Waals surface area contributed by atoms with Crippen molar-refractivity contribution in [1.29, 1.82) is 0 Å². The van der Waals surface area contributed by atoms with E-state index >= 15 is 0 Å². The zero-order valence-corrected chi connectivity index (χ0v) is 10.5. The SMILES string of the molecule is CNc1nc(NC(C)C)nc(S(C)(=O)=O)n1. The van der Waals surface area contributed by atoms with Crippen LogP contribution in [0.25, 0.3) is 0 Å². The summed E-state index contributed by atoms with van der Waals surface area (Å²) in [5, 5.41) is 5.37. The Morgan fingerprint density at radius 2 is 1.69 bits per heavy atom. The van der Waals surface area contributed by atoms with E-state index in [9.17, 15) is 8.42 Å². The molecule has 7 nitrogen and oxygen atoms in total. The molecule has 0 aromatic carbocycles. The van der Waals surface area contributed by atoms with Crippen molar-refractivity contribution < 1.29 is 8.42 Å². The van der Waals surface area contributed by atoms with Crippen LogP contribution in [0.5, 0.6) is 0 Å². The third-order valence-electron chi connectivity index (χ3n) is 1.59. The molecule has 0 amide bonds. The number of hydrogen-bond donors (Lipinski definition) is 2. The molecule has 0 radical (unpaired) electrons. The standard InChI is InChI=1S/C8H15N5O2S/c1-5(2)10-7-11-6(9-3)12-8(13-7)16(4,14)15/h5H,1-4H3,(H2,9,10,11,12,13). The molecule has 0 aliphatic carbocycles. The minimum atomic E-state index is -3.44. The van der Waals surface area contributed by atoms with Crippen molar-refractivity contribution in [3.63, 3.8) is 0 Å². The molecule has 16 heavy (non-hydrogen) atoms. The van der Waals surface area contributed by atoms with E-state index in [1.807, 2.05) is 13.8 Å². The molecule has 2 N–H and O–H groups in total. The first-order valence-corrected chi connectivity index (χ1v) is 6.62. The fourth-order valence-corrected chi connectivity index (χ4v) is 1.46. The molecule has 0 spiro atoms. The summed E-state index contributed by atoms with van der Waals surface area (Å²) in [5.74, 6) is 0.466. The van der Waals surface area contributed by atoms with Crippen LogP contribution >= 0.6 is 0 Å². The number of sulfone groups is 1. The Morgan fingerprint density at radius 1 is 1.12 bits per heavy atom. The lowest BCUT2D eigenvalue weighted by molar-refractivity contribution is 0.592. The Morgan fingerprint density at radius 3 is 2.12 bits per heavy atom. The van der Waals surface area contributed by atoms with Crippen LogP contribution in [-0.2, 0) is 9.84 Å². The molecule has 8 heteroatoms. The number of nitrogens with one attached hydrogen (secondary N) is 2. The summed E-state index contributed by atoms with van der Waals surface area (Å²) < 4.78 is 22.7. The maximum atomic E-state index is 11.3. The molecule has 0 saturated heterocycles. The lowest BCUT2D eigenvalue weighted by Crippen LogP contribution is -2.16. The summed E-state index contributed by atoms with van der Waals surface area (Å²) in [4.78, 5) is 11.6. The van der Waals surface area contributed by atoms with Crippen LogP contribution in [0.1, 0.15) is 13.8 Å². The molecular formula is C8H15N5O2S. The second-order valence-corrected chi connectivity index (χ2v) is 5.50. The normalized spacial score (nSPS) is 11.6. The second kappa shape index (κ2) is 4.60. The van der Waals surface area contributed by atoms with Crippen molar-refractivity contribution in [2.75, 3.05) is 23.9 Å².